The first-order valence-electron chi connectivity index (χ1n) is 4.63. The van der Waals surface area contributed by atoms with Crippen LogP contribution in [0.3, 0.4) is 0 Å². The lowest BCUT2D eigenvalue weighted by Crippen LogP contribution is -2.05. The Morgan fingerprint density at radius 1 is 1.53 bits per heavy atom. The molecule has 0 aliphatic heterocycles. The number of carbonyl (C=O) groups excluding carboxylic acids is 1. The van der Waals surface area contributed by atoms with E-state index in [1.807, 2.05) is 6.92 Å². The van der Waals surface area contributed by atoms with Crippen LogP contribution in [-0.4, -0.2) is 24.4 Å². The molecule has 0 aliphatic rings. The molecule has 2 nitrogen and oxygen atoms in total. The van der Waals surface area contributed by atoms with Crippen molar-refractivity contribution < 1.29 is 13.9 Å². The summed E-state index contributed by atoms with van der Waals surface area (Å²) in [4.78, 5) is 11.7. The van der Waals surface area contributed by atoms with Gasteiger partial charge in [0.05, 0.1) is 18.4 Å². The number of benzene rings is 1. The van der Waals surface area contributed by atoms with E-state index < -0.39 is 5.82 Å². The molecule has 82 valence electrons. The van der Waals surface area contributed by atoms with Gasteiger partial charge in [0.15, 0.2) is 5.78 Å². The number of methoxy groups -OCH3 is 1. The van der Waals surface area contributed by atoms with Crippen molar-refractivity contribution >= 4 is 17.5 Å². The molecular weight excluding hydrogens is 215 g/mol. The first kappa shape index (κ1) is 12.0. The fraction of sp³-hybridized carbons (Fsp3) is 0.364. The lowest BCUT2D eigenvalue weighted by molar-refractivity contribution is 0.101. The Hall–Kier alpha value is -1.03. The second kappa shape index (κ2) is 5.75. The summed E-state index contributed by atoms with van der Waals surface area (Å²) < 4.78 is 18.0. The van der Waals surface area contributed by atoms with Crippen molar-refractivity contribution in [2.24, 2.45) is 0 Å². The maximum absolute atomic E-state index is 13.0. The molecule has 0 fully saturated rings. The minimum absolute atomic E-state index is 0.0989. The molecule has 1 aromatic carbocycles. The zero-order chi connectivity index (χ0) is 11.3. The van der Waals surface area contributed by atoms with Gasteiger partial charge < -0.3 is 4.74 Å². The highest BCUT2D eigenvalue weighted by Gasteiger charge is 2.12. The van der Waals surface area contributed by atoms with Gasteiger partial charge in [-0.05, 0) is 24.0 Å². The predicted octanol–water partition coefficient (Wildman–Crippen LogP) is 2.77. The van der Waals surface area contributed by atoms with Gasteiger partial charge in [0.25, 0.3) is 0 Å². The molecule has 0 aromatic heterocycles. The van der Waals surface area contributed by atoms with Gasteiger partial charge in [-0.2, -0.15) is 11.8 Å². The van der Waals surface area contributed by atoms with Gasteiger partial charge in [0.2, 0.25) is 0 Å². The fourth-order valence-corrected chi connectivity index (χ4v) is 1.72. The van der Waals surface area contributed by atoms with Gasteiger partial charge in [-0.3, -0.25) is 4.79 Å². The first-order valence-corrected chi connectivity index (χ1v) is 5.79. The van der Waals surface area contributed by atoms with Gasteiger partial charge in [-0.15, -0.1) is 0 Å². The van der Waals surface area contributed by atoms with Crippen LogP contribution in [0.15, 0.2) is 18.2 Å². The van der Waals surface area contributed by atoms with E-state index in [0.717, 1.165) is 5.75 Å². The van der Waals surface area contributed by atoms with Crippen molar-refractivity contribution in [2.75, 3.05) is 18.6 Å². The maximum Gasteiger partial charge on any atom is 0.176 e. The molecule has 1 rings (SSSR count). The minimum atomic E-state index is -0.416. The summed E-state index contributed by atoms with van der Waals surface area (Å²) in [6, 6.07) is 3.97. The van der Waals surface area contributed by atoms with Crippen LogP contribution >= 0.6 is 11.8 Å². The van der Waals surface area contributed by atoms with Crippen molar-refractivity contribution in [2.45, 2.75) is 6.92 Å². The van der Waals surface area contributed by atoms with E-state index >= 15 is 0 Å². The van der Waals surface area contributed by atoms with Crippen molar-refractivity contribution in [3.8, 4) is 5.75 Å². The van der Waals surface area contributed by atoms with E-state index in [0.29, 0.717) is 17.1 Å². The Kier molecular flexibility index (Phi) is 4.62. The SMILES string of the molecule is CCSCC(=O)c1cc(F)ccc1OC. The zero-order valence-electron chi connectivity index (χ0n) is 8.75. The van der Waals surface area contributed by atoms with Gasteiger partial charge in [-0.1, -0.05) is 6.92 Å². The molecule has 0 radical (unpaired) electrons. The quantitative estimate of drug-likeness (QED) is 0.725. The van der Waals surface area contributed by atoms with Gasteiger partial charge in [0, 0.05) is 0 Å². The van der Waals surface area contributed by atoms with E-state index in [1.165, 1.54) is 37.1 Å². The third kappa shape index (κ3) is 3.23. The largest absolute Gasteiger partial charge is 0.496 e. The van der Waals surface area contributed by atoms with Crippen LogP contribution in [0.5, 0.6) is 5.75 Å². The molecular formula is C11H13FO2S. The summed E-state index contributed by atoms with van der Waals surface area (Å²) in [6.45, 7) is 1.97. The fourth-order valence-electron chi connectivity index (χ4n) is 1.17. The molecule has 0 bridgehead atoms. The Labute approximate surface area is 92.8 Å². The minimum Gasteiger partial charge on any atom is -0.496 e. The lowest BCUT2D eigenvalue weighted by Gasteiger charge is -2.06. The van der Waals surface area contributed by atoms with Crippen molar-refractivity contribution in [1.82, 2.24) is 0 Å². The molecule has 0 amide bonds. The topological polar surface area (TPSA) is 26.3 Å². The number of thioether (sulfide) groups is 1. The van der Waals surface area contributed by atoms with Gasteiger partial charge in [0.1, 0.15) is 11.6 Å². The molecule has 0 heterocycles. The molecule has 0 saturated carbocycles. The van der Waals surface area contributed by atoms with E-state index in [9.17, 15) is 9.18 Å². The highest BCUT2D eigenvalue weighted by molar-refractivity contribution is 7.99. The van der Waals surface area contributed by atoms with Crippen LogP contribution < -0.4 is 4.74 Å². The maximum atomic E-state index is 13.0. The van der Waals surface area contributed by atoms with Crippen LogP contribution in [0, 0.1) is 5.82 Å². The summed E-state index contributed by atoms with van der Waals surface area (Å²) in [5.74, 6) is 1.14. The van der Waals surface area contributed by atoms with Crippen molar-refractivity contribution in [3.05, 3.63) is 29.6 Å². The number of halogens is 1. The number of carbonyl (C=O) groups is 1. The Morgan fingerprint density at radius 2 is 2.27 bits per heavy atom. The number of ketones is 1. The second-order valence-corrected chi connectivity index (χ2v) is 4.18. The van der Waals surface area contributed by atoms with E-state index in [4.69, 9.17) is 4.74 Å². The van der Waals surface area contributed by atoms with E-state index in [1.54, 1.807) is 0 Å². The molecule has 0 atom stereocenters. The molecule has 0 aliphatic carbocycles. The predicted molar refractivity (Wildman–Crippen MR) is 60.3 cm³/mol. The highest BCUT2D eigenvalue weighted by atomic mass is 32.2. The summed E-state index contributed by atoms with van der Waals surface area (Å²) in [5.41, 5.74) is 0.318. The monoisotopic (exact) mass is 228 g/mol. The van der Waals surface area contributed by atoms with Crippen molar-refractivity contribution in [1.29, 1.82) is 0 Å². The lowest BCUT2D eigenvalue weighted by atomic mass is 10.1. The normalized spacial score (nSPS) is 10.1. The van der Waals surface area contributed by atoms with Crippen molar-refractivity contribution in [3.63, 3.8) is 0 Å². The average Bonchev–Trinajstić information content (AvgIpc) is 2.25. The third-order valence-corrected chi connectivity index (χ3v) is 2.77. The second-order valence-electron chi connectivity index (χ2n) is 2.90. The molecule has 1 aromatic rings. The van der Waals surface area contributed by atoms with E-state index in [-0.39, 0.29) is 5.78 Å². The van der Waals surface area contributed by atoms with Crippen LogP contribution in [0.4, 0.5) is 4.39 Å². The van der Waals surface area contributed by atoms with Crippen LogP contribution in [0.1, 0.15) is 17.3 Å². The molecule has 0 spiro atoms. The molecule has 0 N–H and O–H groups in total. The Balaban J connectivity index is 2.90. The first-order chi connectivity index (χ1) is 7.19. The Morgan fingerprint density at radius 3 is 2.87 bits per heavy atom. The van der Waals surface area contributed by atoms with Crippen LogP contribution in [0.25, 0.3) is 0 Å². The molecule has 15 heavy (non-hydrogen) atoms. The molecule has 0 unspecified atom stereocenters. The number of hydrogen-bond acceptors (Lipinski definition) is 3. The smallest absolute Gasteiger partial charge is 0.176 e. The number of hydrogen-bond donors (Lipinski definition) is 0. The highest BCUT2D eigenvalue weighted by Crippen LogP contribution is 2.21. The molecule has 4 heteroatoms. The molecule has 0 saturated heterocycles. The summed E-state index contributed by atoms with van der Waals surface area (Å²) in [7, 11) is 1.47. The van der Waals surface area contributed by atoms with Gasteiger partial charge in [-0.25, -0.2) is 4.39 Å². The Bertz CT molecular complexity index is 352. The summed E-state index contributed by atoms with van der Waals surface area (Å²) in [6.07, 6.45) is 0. The number of Topliss-reactive ketones (excluding diaryl/α,β-unsaturated/α-hetero) is 1. The van der Waals surface area contributed by atoms with E-state index in [2.05, 4.69) is 0 Å². The average molecular weight is 228 g/mol. The third-order valence-electron chi connectivity index (χ3n) is 1.90. The summed E-state index contributed by atoms with van der Waals surface area (Å²) >= 11 is 1.51. The zero-order valence-corrected chi connectivity index (χ0v) is 9.57. The van der Waals surface area contributed by atoms with Crippen LogP contribution in [0.2, 0.25) is 0 Å². The number of ether oxygens (including phenoxy) is 1. The number of rotatable bonds is 5. The van der Waals surface area contributed by atoms with Gasteiger partial charge >= 0.3 is 0 Å². The van der Waals surface area contributed by atoms with Crippen LogP contribution in [-0.2, 0) is 0 Å². The summed E-state index contributed by atoms with van der Waals surface area (Å²) in [5, 5.41) is 0. The standard InChI is InChI=1S/C11H13FO2S/c1-3-15-7-10(13)9-6-8(12)4-5-11(9)14-2/h4-6H,3,7H2,1-2H3.